The Morgan fingerprint density at radius 3 is 3.00 bits per heavy atom. The molecule has 1 fully saturated rings. The Balaban J connectivity index is 2.11. The predicted molar refractivity (Wildman–Crippen MR) is 57.7 cm³/mol. The smallest absolute Gasteiger partial charge is 0.246 e. The first kappa shape index (κ1) is 10.2. The second kappa shape index (κ2) is 3.69. The molecule has 1 aromatic rings. The lowest BCUT2D eigenvalue weighted by molar-refractivity contribution is -0.00497. The van der Waals surface area contributed by atoms with Crippen LogP contribution in [0, 0.1) is 0 Å². The SMILES string of the molecule is COC1(C)CCCN(c2n[nH]c(N)n2)C1. The molecule has 3 N–H and O–H groups in total. The lowest BCUT2D eigenvalue weighted by Gasteiger charge is -2.38. The first-order valence-electron chi connectivity index (χ1n) is 5.11. The fourth-order valence-corrected chi connectivity index (χ4v) is 1.95. The van der Waals surface area contributed by atoms with Crippen molar-refractivity contribution in [2.24, 2.45) is 0 Å². The number of nitrogens with zero attached hydrogens (tertiary/aromatic N) is 3. The molecule has 84 valence electrons. The number of anilines is 2. The van der Waals surface area contributed by atoms with E-state index >= 15 is 0 Å². The van der Waals surface area contributed by atoms with Gasteiger partial charge in [0.05, 0.1) is 5.60 Å². The van der Waals surface area contributed by atoms with Gasteiger partial charge in [-0.1, -0.05) is 0 Å². The highest BCUT2D eigenvalue weighted by molar-refractivity contribution is 5.35. The molecule has 1 aliphatic rings. The molecule has 1 atom stereocenters. The van der Waals surface area contributed by atoms with Crippen molar-refractivity contribution in [3.05, 3.63) is 0 Å². The number of aromatic nitrogens is 3. The molecule has 1 aliphatic heterocycles. The average Bonchev–Trinajstić information content (AvgIpc) is 2.65. The van der Waals surface area contributed by atoms with Crippen LogP contribution in [0.3, 0.4) is 0 Å². The van der Waals surface area contributed by atoms with E-state index in [1.807, 2.05) is 0 Å². The van der Waals surface area contributed by atoms with Crippen LogP contribution in [0.5, 0.6) is 0 Å². The summed E-state index contributed by atoms with van der Waals surface area (Å²) in [5, 5.41) is 6.69. The molecule has 1 aromatic heterocycles. The third-order valence-corrected chi connectivity index (χ3v) is 2.93. The third kappa shape index (κ3) is 2.04. The number of nitrogens with one attached hydrogen (secondary N) is 1. The number of rotatable bonds is 2. The molecule has 6 heteroatoms. The molecule has 0 spiro atoms. The molecule has 0 amide bonds. The maximum absolute atomic E-state index is 5.50. The van der Waals surface area contributed by atoms with Crippen LogP contribution in [-0.2, 0) is 4.74 Å². The van der Waals surface area contributed by atoms with Crippen molar-refractivity contribution in [3.63, 3.8) is 0 Å². The monoisotopic (exact) mass is 211 g/mol. The Labute approximate surface area is 88.8 Å². The van der Waals surface area contributed by atoms with Crippen LogP contribution in [0.15, 0.2) is 0 Å². The Kier molecular flexibility index (Phi) is 2.52. The number of ether oxygens (including phenoxy) is 1. The van der Waals surface area contributed by atoms with Gasteiger partial charge in [0, 0.05) is 20.2 Å². The minimum Gasteiger partial charge on any atom is -0.377 e. The standard InChI is InChI=1S/C9H17N5O/c1-9(15-2)4-3-5-14(6-9)8-11-7(10)12-13-8/h3-6H2,1-2H3,(H3,10,11,12,13). The molecule has 2 rings (SSSR count). The molecule has 0 saturated carbocycles. The van der Waals surface area contributed by atoms with Gasteiger partial charge in [-0.3, -0.25) is 0 Å². The molecular formula is C9H17N5O. The number of aromatic amines is 1. The number of methoxy groups -OCH3 is 1. The summed E-state index contributed by atoms with van der Waals surface area (Å²) in [5.41, 5.74) is 5.39. The Bertz CT molecular complexity index is 339. The summed E-state index contributed by atoms with van der Waals surface area (Å²) in [6, 6.07) is 0. The first-order valence-corrected chi connectivity index (χ1v) is 5.11. The third-order valence-electron chi connectivity index (χ3n) is 2.93. The van der Waals surface area contributed by atoms with Crippen molar-refractivity contribution < 1.29 is 4.74 Å². The normalized spacial score (nSPS) is 26.9. The topological polar surface area (TPSA) is 80.1 Å². The van der Waals surface area contributed by atoms with Gasteiger partial charge in [-0.15, -0.1) is 5.10 Å². The van der Waals surface area contributed by atoms with Crippen molar-refractivity contribution in [2.75, 3.05) is 30.8 Å². The van der Waals surface area contributed by atoms with Crippen molar-refractivity contribution in [3.8, 4) is 0 Å². The predicted octanol–water partition coefficient (Wildman–Crippen LogP) is 0.392. The summed E-state index contributed by atoms with van der Waals surface area (Å²) < 4.78 is 5.50. The van der Waals surface area contributed by atoms with Gasteiger partial charge in [-0.25, -0.2) is 5.10 Å². The number of nitrogen functional groups attached to an aromatic ring is 1. The van der Waals surface area contributed by atoms with E-state index in [-0.39, 0.29) is 5.60 Å². The largest absolute Gasteiger partial charge is 0.377 e. The van der Waals surface area contributed by atoms with Gasteiger partial charge in [0.25, 0.3) is 0 Å². The maximum atomic E-state index is 5.50. The van der Waals surface area contributed by atoms with Crippen molar-refractivity contribution in [1.82, 2.24) is 15.2 Å². The Morgan fingerprint density at radius 1 is 1.60 bits per heavy atom. The van der Waals surface area contributed by atoms with Gasteiger partial charge >= 0.3 is 0 Å². The second-order valence-corrected chi connectivity index (χ2v) is 4.20. The molecule has 2 heterocycles. The van der Waals surface area contributed by atoms with Gasteiger partial charge in [0.15, 0.2) is 0 Å². The summed E-state index contributed by atoms with van der Waals surface area (Å²) in [6.07, 6.45) is 2.15. The van der Waals surface area contributed by atoms with E-state index in [4.69, 9.17) is 10.5 Å². The van der Waals surface area contributed by atoms with Crippen LogP contribution in [0.2, 0.25) is 0 Å². The van der Waals surface area contributed by atoms with Gasteiger partial charge < -0.3 is 15.4 Å². The highest BCUT2D eigenvalue weighted by Gasteiger charge is 2.32. The summed E-state index contributed by atoms with van der Waals surface area (Å²) in [7, 11) is 1.75. The average molecular weight is 211 g/mol. The molecule has 0 aromatic carbocycles. The van der Waals surface area contributed by atoms with Crippen molar-refractivity contribution >= 4 is 11.9 Å². The van der Waals surface area contributed by atoms with E-state index in [1.54, 1.807) is 7.11 Å². The fourth-order valence-electron chi connectivity index (χ4n) is 1.95. The number of H-pyrrole nitrogens is 1. The molecule has 0 aliphatic carbocycles. The van der Waals surface area contributed by atoms with E-state index in [0.717, 1.165) is 25.9 Å². The minimum atomic E-state index is -0.104. The zero-order chi connectivity index (χ0) is 10.9. The van der Waals surface area contributed by atoms with Crippen LogP contribution < -0.4 is 10.6 Å². The van der Waals surface area contributed by atoms with Crippen LogP contribution in [0.25, 0.3) is 0 Å². The Morgan fingerprint density at radius 2 is 2.40 bits per heavy atom. The molecular weight excluding hydrogens is 194 g/mol. The van der Waals surface area contributed by atoms with Gasteiger partial charge in [0.1, 0.15) is 0 Å². The number of nitrogens with two attached hydrogens (primary N) is 1. The van der Waals surface area contributed by atoms with Gasteiger partial charge in [-0.05, 0) is 19.8 Å². The quantitative estimate of drug-likeness (QED) is 0.739. The molecule has 1 unspecified atom stereocenters. The number of piperidine rings is 1. The summed E-state index contributed by atoms with van der Waals surface area (Å²) in [5.74, 6) is 1.02. The maximum Gasteiger partial charge on any atom is 0.246 e. The lowest BCUT2D eigenvalue weighted by atomic mass is 9.95. The van der Waals surface area contributed by atoms with Crippen molar-refractivity contribution in [2.45, 2.75) is 25.4 Å². The van der Waals surface area contributed by atoms with E-state index in [0.29, 0.717) is 11.9 Å². The van der Waals surface area contributed by atoms with E-state index in [2.05, 4.69) is 27.0 Å². The highest BCUT2D eigenvalue weighted by atomic mass is 16.5. The zero-order valence-electron chi connectivity index (χ0n) is 9.16. The minimum absolute atomic E-state index is 0.104. The highest BCUT2D eigenvalue weighted by Crippen LogP contribution is 2.26. The van der Waals surface area contributed by atoms with E-state index < -0.39 is 0 Å². The zero-order valence-corrected chi connectivity index (χ0v) is 9.16. The number of hydrogen-bond acceptors (Lipinski definition) is 5. The Hall–Kier alpha value is -1.30. The van der Waals surface area contributed by atoms with Gasteiger partial charge in [-0.2, -0.15) is 4.98 Å². The second-order valence-electron chi connectivity index (χ2n) is 4.20. The van der Waals surface area contributed by atoms with Crippen LogP contribution in [-0.4, -0.2) is 41.0 Å². The van der Waals surface area contributed by atoms with Crippen LogP contribution >= 0.6 is 0 Å². The fraction of sp³-hybridized carbons (Fsp3) is 0.778. The van der Waals surface area contributed by atoms with Crippen LogP contribution in [0.1, 0.15) is 19.8 Å². The lowest BCUT2D eigenvalue weighted by Crippen LogP contribution is -2.47. The van der Waals surface area contributed by atoms with E-state index in [1.165, 1.54) is 0 Å². The van der Waals surface area contributed by atoms with Gasteiger partial charge in [0.2, 0.25) is 11.9 Å². The molecule has 15 heavy (non-hydrogen) atoms. The molecule has 0 radical (unpaired) electrons. The molecule has 6 nitrogen and oxygen atoms in total. The van der Waals surface area contributed by atoms with Crippen LogP contribution in [0.4, 0.5) is 11.9 Å². The summed E-state index contributed by atoms with van der Waals surface area (Å²) in [6.45, 7) is 3.87. The van der Waals surface area contributed by atoms with E-state index in [9.17, 15) is 0 Å². The first-order chi connectivity index (χ1) is 7.13. The molecule has 1 saturated heterocycles. The number of hydrogen-bond donors (Lipinski definition) is 2. The summed E-state index contributed by atoms with van der Waals surface area (Å²) in [4.78, 5) is 6.21. The van der Waals surface area contributed by atoms with Crippen molar-refractivity contribution in [1.29, 1.82) is 0 Å². The summed E-state index contributed by atoms with van der Waals surface area (Å²) >= 11 is 0. The molecule has 0 bridgehead atoms.